The number of aromatic nitrogens is 1. The molecule has 1 aliphatic heterocycles. The summed E-state index contributed by atoms with van der Waals surface area (Å²) in [5.41, 5.74) is 3.62. The van der Waals surface area contributed by atoms with E-state index in [0.717, 1.165) is 18.5 Å². The summed E-state index contributed by atoms with van der Waals surface area (Å²) in [6.07, 6.45) is 7.02. The van der Waals surface area contributed by atoms with E-state index in [1.54, 1.807) is 0 Å². The molecule has 1 fully saturated rings. The minimum absolute atomic E-state index is 1.01. The van der Waals surface area contributed by atoms with Crippen LogP contribution in [-0.2, 0) is 0 Å². The van der Waals surface area contributed by atoms with Gasteiger partial charge in [-0.05, 0) is 49.9 Å². The van der Waals surface area contributed by atoms with Crippen molar-refractivity contribution >= 4 is 22.3 Å². The molecule has 2 heterocycles. The highest BCUT2D eigenvalue weighted by atomic mass is 15.1. The Morgan fingerprint density at radius 2 is 2.00 bits per heavy atom. The van der Waals surface area contributed by atoms with Gasteiger partial charge in [-0.1, -0.05) is 6.92 Å². The number of pyridine rings is 1. The second-order valence-electron chi connectivity index (χ2n) is 5.53. The second kappa shape index (κ2) is 6.12. The summed E-state index contributed by atoms with van der Waals surface area (Å²) in [6.45, 7) is 5.57. The van der Waals surface area contributed by atoms with Crippen LogP contribution in [0.5, 0.6) is 0 Å². The molecule has 20 heavy (non-hydrogen) atoms. The van der Waals surface area contributed by atoms with E-state index in [1.807, 2.05) is 6.20 Å². The quantitative estimate of drug-likeness (QED) is 0.907. The predicted molar refractivity (Wildman–Crippen MR) is 86.6 cm³/mol. The highest BCUT2D eigenvalue weighted by Crippen LogP contribution is 2.28. The lowest BCUT2D eigenvalue weighted by molar-refractivity contribution is 0.578. The Morgan fingerprint density at radius 3 is 2.80 bits per heavy atom. The number of piperidine rings is 1. The lowest BCUT2D eigenvalue weighted by Crippen LogP contribution is -2.29. The van der Waals surface area contributed by atoms with E-state index in [9.17, 15) is 0 Å². The molecule has 106 valence electrons. The molecule has 0 amide bonds. The van der Waals surface area contributed by atoms with Gasteiger partial charge in [0.2, 0.25) is 0 Å². The van der Waals surface area contributed by atoms with E-state index in [0.29, 0.717) is 0 Å². The number of benzene rings is 1. The molecule has 0 saturated carbocycles. The van der Waals surface area contributed by atoms with Crippen molar-refractivity contribution in [2.45, 2.75) is 32.6 Å². The summed E-state index contributed by atoms with van der Waals surface area (Å²) in [5, 5.41) is 4.75. The monoisotopic (exact) mass is 269 g/mol. The predicted octanol–water partition coefficient (Wildman–Crippen LogP) is 4.05. The first-order valence-electron chi connectivity index (χ1n) is 7.76. The molecular formula is C17H23N3. The van der Waals surface area contributed by atoms with Gasteiger partial charge >= 0.3 is 0 Å². The largest absolute Gasteiger partial charge is 0.384 e. The number of hydrogen-bond acceptors (Lipinski definition) is 3. The fourth-order valence-electron chi connectivity index (χ4n) is 2.90. The Morgan fingerprint density at radius 1 is 1.15 bits per heavy atom. The first-order valence-corrected chi connectivity index (χ1v) is 7.76. The molecule has 0 aliphatic carbocycles. The highest BCUT2D eigenvalue weighted by molar-refractivity contribution is 5.93. The Bertz CT molecular complexity index is 573. The average molecular weight is 269 g/mol. The zero-order chi connectivity index (χ0) is 13.8. The Labute approximate surface area is 121 Å². The van der Waals surface area contributed by atoms with Crippen LogP contribution in [0, 0.1) is 0 Å². The number of anilines is 2. The van der Waals surface area contributed by atoms with Crippen LogP contribution in [0.2, 0.25) is 0 Å². The zero-order valence-corrected chi connectivity index (χ0v) is 12.2. The van der Waals surface area contributed by atoms with E-state index in [2.05, 4.69) is 46.4 Å². The Hall–Kier alpha value is -1.77. The molecule has 1 saturated heterocycles. The number of nitrogens with zero attached hydrogens (tertiary/aromatic N) is 2. The molecule has 2 aromatic rings. The van der Waals surface area contributed by atoms with Crippen molar-refractivity contribution in [3.63, 3.8) is 0 Å². The second-order valence-corrected chi connectivity index (χ2v) is 5.53. The lowest BCUT2D eigenvalue weighted by Gasteiger charge is -2.29. The van der Waals surface area contributed by atoms with Crippen LogP contribution >= 0.6 is 0 Å². The third kappa shape index (κ3) is 2.72. The lowest BCUT2D eigenvalue weighted by atomic mass is 10.1. The normalized spacial score (nSPS) is 15.6. The van der Waals surface area contributed by atoms with Gasteiger partial charge < -0.3 is 10.2 Å². The summed E-state index contributed by atoms with van der Waals surface area (Å²) >= 11 is 0. The summed E-state index contributed by atoms with van der Waals surface area (Å²) < 4.78 is 0. The first-order chi connectivity index (χ1) is 9.88. The van der Waals surface area contributed by atoms with Gasteiger partial charge in [0, 0.05) is 42.6 Å². The van der Waals surface area contributed by atoms with Crippen LogP contribution in [-0.4, -0.2) is 24.6 Å². The standard InChI is InChI=1S/C17H23N3/c1-2-9-18-17-8-10-19-16-7-6-14(13-15(16)17)20-11-4-3-5-12-20/h6-8,10,13H,2-5,9,11-12H2,1H3,(H,18,19). The van der Waals surface area contributed by atoms with Crippen LogP contribution in [0.25, 0.3) is 10.9 Å². The van der Waals surface area contributed by atoms with Crippen LogP contribution < -0.4 is 10.2 Å². The van der Waals surface area contributed by atoms with Gasteiger partial charge in [-0.3, -0.25) is 4.98 Å². The summed E-state index contributed by atoms with van der Waals surface area (Å²) in [5.74, 6) is 0. The molecule has 0 unspecified atom stereocenters. The molecule has 3 rings (SSSR count). The minimum Gasteiger partial charge on any atom is -0.384 e. The SMILES string of the molecule is CCCNc1ccnc2ccc(N3CCCCC3)cc12. The van der Waals surface area contributed by atoms with E-state index in [4.69, 9.17) is 0 Å². The van der Waals surface area contributed by atoms with Crippen molar-refractivity contribution in [2.75, 3.05) is 29.9 Å². The van der Waals surface area contributed by atoms with Crippen molar-refractivity contribution in [1.29, 1.82) is 0 Å². The van der Waals surface area contributed by atoms with Crippen molar-refractivity contribution in [3.8, 4) is 0 Å². The third-order valence-electron chi connectivity index (χ3n) is 4.01. The molecule has 1 aromatic heterocycles. The van der Waals surface area contributed by atoms with E-state index in [1.165, 1.54) is 49.1 Å². The van der Waals surface area contributed by atoms with Crippen LogP contribution in [0.4, 0.5) is 11.4 Å². The maximum Gasteiger partial charge on any atom is 0.0724 e. The smallest absolute Gasteiger partial charge is 0.0724 e. The Balaban J connectivity index is 1.95. The number of nitrogens with one attached hydrogen (secondary N) is 1. The number of fused-ring (bicyclic) bond motifs is 1. The van der Waals surface area contributed by atoms with Gasteiger partial charge in [-0.2, -0.15) is 0 Å². The first kappa shape index (κ1) is 13.2. The molecule has 3 nitrogen and oxygen atoms in total. The maximum atomic E-state index is 4.48. The summed E-state index contributed by atoms with van der Waals surface area (Å²) in [7, 11) is 0. The van der Waals surface area contributed by atoms with Crippen molar-refractivity contribution in [3.05, 3.63) is 30.5 Å². The van der Waals surface area contributed by atoms with Gasteiger partial charge in [-0.25, -0.2) is 0 Å². The molecule has 0 radical (unpaired) electrons. The van der Waals surface area contributed by atoms with Crippen LogP contribution in [0.3, 0.4) is 0 Å². The topological polar surface area (TPSA) is 28.2 Å². The molecule has 0 bridgehead atoms. The van der Waals surface area contributed by atoms with Crippen LogP contribution in [0.15, 0.2) is 30.5 Å². The summed E-state index contributed by atoms with van der Waals surface area (Å²) in [6, 6.07) is 8.74. The molecule has 1 aliphatic rings. The van der Waals surface area contributed by atoms with E-state index >= 15 is 0 Å². The van der Waals surface area contributed by atoms with E-state index in [-0.39, 0.29) is 0 Å². The van der Waals surface area contributed by atoms with Crippen LogP contribution in [0.1, 0.15) is 32.6 Å². The van der Waals surface area contributed by atoms with Gasteiger partial charge in [0.05, 0.1) is 5.52 Å². The minimum atomic E-state index is 1.01. The van der Waals surface area contributed by atoms with Gasteiger partial charge in [0.1, 0.15) is 0 Å². The molecule has 3 heteroatoms. The molecule has 1 N–H and O–H groups in total. The molecule has 0 atom stereocenters. The molecule has 0 spiro atoms. The van der Waals surface area contributed by atoms with Crippen molar-refractivity contribution < 1.29 is 0 Å². The van der Waals surface area contributed by atoms with Gasteiger partial charge in [0.15, 0.2) is 0 Å². The molecular weight excluding hydrogens is 246 g/mol. The number of hydrogen-bond donors (Lipinski definition) is 1. The molecule has 1 aromatic carbocycles. The number of rotatable bonds is 4. The van der Waals surface area contributed by atoms with E-state index < -0.39 is 0 Å². The zero-order valence-electron chi connectivity index (χ0n) is 12.2. The maximum absolute atomic E-state index is 4.48. The van der Waals surface area contributed by atoms with Crippen molar-refractivity contribution in [2.24, 2.45) is 0 Å². The third-order valence-corrected chi connectivity index (χ3v) is 4.01. The Kier molecular flexibility index (Phi) is 4.05. The fraction of sp³-hybridized carbons (Fsp3) is 0.471. The highest BCUT2D eigenvalue weighted by Gasteiger charge is 2.12. The fourth-order valence-corrected chi connectivity index (χ4v) is 2.90. The van der Waals surface area contributed by atoms with Gasteiger partial charge in [-0.15, -0.1) is 0 Å². The van der Waals surface area contributed by atoms with Gasteiger partial charge in [0.25, 0.3) is 0 Å². The van der Waals surface area contributed by atoms with Crippen molar-refractivity contribution in [1.82, 2.24) is 4.98 Å². The summed E-state index contributed by atoms with van der Waals surface area (Å²) in [4.78, 5) is 6.98. The average Bonchev–Trinajstić information content (AvgIpc) is 2.53.